The third-order valence-electron chi connectivity index (χ3n) is 3.03. The molecule has 8 heteroatoms. The topological polar surface area (TPSA) is 54.7 Å². The molecule has 21 heavy (non-hydrogen) atoms. The predicted molar refractivity (Wildman–Crippen MR) is 85.4 cm³/mol. The molecular formula is C13H16N6S2. The van der Waals surface area contributed by atoms with E-state index in [0.29, 0.717) is 11.4 Å². The number of hydrogen-bond donors (Lipinski definition) is 1. The Bertz CT molecular complexity index is 767. The number of aryl methyl sites for hydroxylation is 1. The first-order valence-corrected chi connectivity index (χ1v) is 7.77. The van der Waals surface area contributed by atoms with Crippen LogP contribution in [-0.2, 0) is 20.3 Å². The van der Waals surface area contributed by atoms with E-state index in [-0.39, 0.29) is 0 Å². The summed E-state index contributed by atoms with van der Waals surface area (Å²) >= 11 is 6.96. The molecule has 3 aromatic rings. The first-order chi connectivity index (χ1) is 10.1. The van der Waals surface area contributed by atoms with Crippen molar-refractivity contribution in [2.75, 3.05) is 7.05 Å². The highest BCUT2D eigenvalue weighted by Gasteiger charge is 2.08. The highest BCUT2D eigenvalue weighted by atomic mass is 32.1. The number of thiophene rings is 1. The van der Waals surface area contributed by atoms with Crippen molar-refractivity contribution in [1.29, 1.82) is 0 Å². The molecule has 0 fully saturated rings. The van der Waals surface area contributed by atoms with Crippen molar-refractivity contribution in [3.8, 4) is 10.7 Å². The molecule has 0 spiro atoms. The summed E-state index contributed by atoms with van der Waals surface area (Å²) in [6.45, 7) is 1.47. The summed E-state index contributed by atoms with van der Waals surface area (Å²) in [6.07, 6.45) is 3.89. The second-order valence-corrected chi connectivity index (χ2v) is 6.25. The van der Waals surface area contributed by atoms with Gasteiger partial charge in [0.25, 0.3) is 0 Å². The molecule has 3 heterocycles. The van der Waals surface area contributed by atoms with E-state index >= 15 is 0 Å². The van der Waals surface area contributed by atoms with Gasteiger partial charge in [-0.25, -0.2) is 4.68 Å². The highest BCUT2D eigenvalue weighted by molar-refractivity contribution is 7.71. The molecule has 0 saturated carbocycles. The molecule has 3 rings (SSSR count). The molecule has 3 aromatic heterocycles. The average molecular weight is 320 g/mol. The van der Waals surface area contributed by atoms with Gasteiger partial charge in [0.05, 0.1) is 17.7 Å². The Kier molecular flexibility index (Phi) is 4.00. The van der Waals surface area contributed by atoms with Crippen LogP contribution >= 0.6 is 23.6 Å². The first-order valence-electron chi connectivity index (χ1n) is 6.48. The monoisotopic (exact) mass is 320 g/mol. The van der Waals surface area contributed by atoms with Crippen LogP contribution < -0.4 is 0 Å². The normalized spacial score (nSPS) is 11.4. The van der Waals surface area contributed by atoms with Crippen LogP contribution in [0, 0.1) is 4.77 Å². The van der Waals surface area contributed by atoms with Crippen molar-refractivity contribution < 1.29 is 0 Å². The van der Waals surface area contributed by atoms with Crippen molar-refractivity contribution in [3.05, 3.63) is 40.2 Å². The van der Waals surface area contributed by atoms with Crippen LogP contribution in [0.2, 0.25) is 0 Å². The molecule has 0 amide bonds. The van der Waals surface area contributed by atoms with Gasteiger partial charge in [-0.2, -0.15) is 10.1 Å². The summed E-state index contributed by atoms with van der Waals surface area (Å²) in [5, 5.41) is 9.46. The van der Waals surface area contributed by atoms with Gasteiger partial charge in [-0.3, -0.25) is 14.7 Å². The standard InChI is InChI=1S/C13H16N6S2/c1-17(7-10-6-14-18(2)8-10)9-19-13(20)15-12(16-19)11-4-3-5-21-11/h3-6,8H,7,9H2,1-2H3,(H,15,16,20). The van der Waals surface area contributed by atoms with Gasteiger partial charge in [-0.15, -0.1) is 11.3 Å². The van der Waals surface area contributed by atoms with Gasteiger partial charge in [0.15, 0.2) is 5.82 Å². The van der Waals surface area contributed by atoms with Gasteiger partial charge in [0, 0.05) is 25.4 Å². The molecule has 110 valence electrons. The smallest absolute Gasteiger partial charge is 0.217 e. The van der Waals surface area contributed by atoms with E-state index in [2.05, 4.69) is 20.1 Å². The molecule has 0 aliphatic rings. The van der Waals surface area contributed by atoms with Gasteiger partial charge < -0.3 is 0 Å². The molecule has 0 aliphatic heterocycles. The number of hydrogen-bond acceptors (Lipinski definition) is 5. The van der Waals surface area contributed by atoms with Crippen LogP contribution in [0.3, 0.4) is 0 Å². The fourth-order valence-corrected chi connectivity index (χ4v) is 2.99. The summed E-state index contributed by atoms with van der Waals surface area (Å²) in [7, 11) is 3.96. The lowest BCUT2D eigenvalue weighted by Crippen LogP contribution is -2.22. The maximum absolute atomic E-state index is 5.32. The van der Waals surface area contributed by atoms with Crippen molar-refractivity contribution in [2.45, 2.75) is 13.2 Å². The van der Waals surface area contributed by atoms with Gasteiger partial charge >= 0.3 is 0 Å². The fourth-order valence-electron chi connectivity index (χ4n) is 2.13. The molecule has 0 unspecified atom stereocenters. The Labute approximate surface area is 131 Å². The minimum atomic E-state index is 0.566. The van der Waals surface area contributed by atoms with E-state index in [1.807, 2.05) is 48.7 Å². The molecular weight excluding hydrogens is 304 g/mol. The van der Waals surface area contributed by atoms with Crippen LogP contribution in [0.15, 0.2) is 29.9 Å². The zero-order valence-corrected chi connectivity index (χ0v) is 13.5. The minimum absolute atomic E-state index is 0.566. The second-order valence-electron chi connectivity index (χ2n) is 4.94. The molecule has 1 N–H and O–H groups in total. The third-order valence-corrected chi connectivity index (χ3v) is 4.22. The number of H-pyrrole nitrogens is 1. The van der Waals surface area contributed by atoms with Gasteiger partial charge in [-0.1, -0.05) is 6.07 Å². The molecule has 0 radical (unpaired) electrons. The SMILES string of the molecule is CN(Cc1cnn(C)c1)Cn1[nH]c(-c2cccs2)nc1=S. The van der Waals surface area contributed by atoms with E-state index in [1.165, 1.54) is 5.56 Å². The molecule has 0 aliphatic carbocycles. The number of nitrogens with one attached hydrogen (secondary N) is 1. The van der Waals surface area contributed by atoms with Gasteiger partial charge in [0.2, 0.25) is 4.77 Å². The van der Waals surface area contributed by atoms with Crippen LogP contribution in [-0.4, -0.2) is 36.5 Å². The van der Waals surface area contributed by atoms with Crippen LogP contribution in [0.4, 0.5) is 0 Å². The predicted octanol–water partition coefficient (Wildman–Crippen LogP) is 2.49. The molecule has 0 aromatic carbocycles. The lowest BCUT2D eigenvalue weighted by Gasteiger charge is -2.15. The number of aromatic amines is 1. The summed E-state index contributed by atoms with van der Waals surface area (Å²) in [5.41, 5.74) is 1.17. The van der Waals surface area contributed by atoms with Crippen LogP contribution in [0.25, 0.3) is 10.7 Å². The maximum atomic E-state index is 5.32. The third kappa shape index (κ3) is 3.29. The second kappa shape index (κ2) is 5.92. The summed E-state index contributed by atoms with van der Waals surface area (Å²) in [4.78, 5) is 7.66. The van der Waals surface area contributed by atoms with Gasteiger partial charge in [0.1, 0.15) is 0 Å². The Hall–Kier alpha value is -1.77. The van der Waals surface area contributed by atoms with E-state index in [0.717, 1.165) is 17.2 Å². The Morgan fingerprint density at radius 3 is 3.00 bits per heavy atom. The average Bonchev–Trinajstić information content (AvgIpc) is 3.13. The maximum Gasteiger partial charge on any atom is 0.217 e. The Morgan fingerprint density at radius 2 is 2.33 bits per heavy atom. The lowest BCUT2D eigenvalue weighted by molar-refractivity contribution is 0.244. The molecule has 0 atom stereocenters. The molecule has 0 bridgehead atoms. The molecule has 0 saturated heterocycles. The van der Waals surface area contributed by atoms with Crippen molar-refractivity contribution >= 4 is 23.6 Å². The summed E-state index contributed by atoms with van der Waals surface area (Å²) < 4.78 is 4.25. The highest BCUT2D eigenvalue weighted by Crippen LogP contribution is 2.20. The largest absolute Gasteiger partial charge is 0.283 e. The van der Waals surface area contributed by atoms with Crippen molar-refractivity contribution in [2.24, 2.45) is 7.05 Å². The Balaban J connectivity index is 1.71. The van der Waals surface area contributed by atoms with Gasteiger partial charge in [-0.05, 0) is 30.7 Å². The van der Waals surface area contributed by atoms with E-state index < -0.39 is 0 Å². The summed E-state index contributed by atoms with van der Waals surface area (Å²) in [6, 6.07) is 4.03. The van der Waals surface area contributed by atoms with E-state index in [9.17, 15) is 0 Å². The summed E-state index contributed by atoms with van der Waals surface area (Å²) in [5.74, 6) is 0.824. The number of aromatic nitrogens is 5. The number of nitrogens with zero attached hydrogens (tertiary/aromatic N) is 5. The molecule has 6 nitrogen and oxygen atoms in total. The van der Waals surface area contributed by atoms with E-state index in [1.54, 1.807) is 16.0 Å². The fraction of sp³-hybridized carbons (Fsp3) is 0.308. The van der Waals surface area contributed by atoms with Crippen molar-refractivity contribution in [3.63, 3.8) is 0 Å². The van der Waals surface area contributed by atoms with Crippen LogP contribution in [0.5, 0.6) is 0 Å². The van der Waals surface area contributed by atoms with Crippen molar-refractivity contribution in [1.82, 2.24) is 29.4 Å². The number of rotatable bonds is 5. The van der Waals surface area contributed by atoms with Crippen LogP contribution in [0.1, 0.15) is 5.56 Å². The zero-order valence-electron chi connectivity index (χ0n) is 11.9. The Morgan fingerprint density at radius 1 is 1.48 bits per heavy atom. The minimum Gasteiger partial charge on any atom is -0.283 e. The lowest BCUT2D eigenvalue weighted by atomic mass is 10.3. The first kappa shape index (κ1) is 14.2. The van der Waals surface area contributed by atoms with E-state index in [4.69, 9.17) is 12.2 Å². The quantitative estimate of drug-likeness (QED) is 0.734. The zero-order chi connectivity index (χ0) is 14.8.